The molecule has 1 N–H and O–H groups in total. The number of halogens is 1. The van der Waals surface area contributed by atoms with Crippen molar-refractivity contribution in [2.24, 2.45) is 0 Å². The molecular weight excluding hydrogens is 471 g/mol. The molecule has 1 aliphatic rings. The average Bonchev–Trinajstić information content (AvgIpc) is 3.24. The Morgan fingerprint density at radius 2 is 1.88 bits per heavy atom. The number of thioether (sulfide) groups is 1. The lowest BCUT2D eigenvalue weighted by atomic mass is 10.2. The highest BCUT2D eigenvalue weighted by Gasteiger charge is 2.20. The highest BCUT2D eigenvalue weighted by atomic mass is 32.2. The number of aryl methyl sites for hydroxylation is 1. The van der Waals surface area contributed by atoms with E-state index in [4.69, 9.17) is 0 Å². The fraction of sp³-hybridized carbons (Fsp3) is 0.250. The lowest BCUT2D eigenvalue weighted by molar-refractivity contribution is -0.113. The molecule has 2 aromatic heterocycles. The van der Waals surface area contributed by atoms with Gasteiger partial charge in [0.2, 0.25) is 5.91 Å². The van der Waals surface area contributed by atoms with Crippen LogP contribution in [0.25, 0.3) is 10.2 Å². The van der Waals surface area contributed by atoms with Crippen LogP contribution < -0.4 is 15.1 Å². The number of hydrogen-bond donors (Lipinski definition) is 1. The third-order valence-corrected chi connectivity index (χ3v) is 7.42. The number of rotatable bonds is 6. The Kier molecular flexibility index (Phi) is 6.59. The maximum absolute atomic E-state index is 14.1. The van der Waals surface area contributed by atoms with Gasteiger partial charge in [0.05, 0.1) is 21.7 Å². The number of thiazole rings is 1. The van der Waals surface area contributed by atoms with Crippen LogP contribution >= 0.6 is 23.1 Å². The van der Waals surface area contributed by atoms with Gasteiger partial charge in [0, 0.05) is 32.2 Å². The van der Waals surface area contributed by atoms with Crippen LogP contribution in [-0.4, -0.2) is 52.8 Å². The van der Waals surface area contributed by atoms with E-state index >= 15 is 0 Å². The summed E-state index contributed by atoms with van der Waals surface area (Å²) in [4.78, 5) is 29.9. The van der Waals surface area contributed by atoms with Crippen molar-refractivity contribution < 1.29 is 9.18 Å². The number of para-hydroxylation sites is 1. The molecular formula is C24H23FN6OS2. The normalized spacial score (nSPS) is 13.9. The minimum atomic E-state index is -0.198. The molecule has 0 unspecified atom stereocenters. The Morgan fingerprint density at radius 3 is 2.71 bits per heavy atom. The van der Waals surface area contributed by atoms with Crippen molar-refractivity contribution >= 4 is 55.9 Å². The highest BCUT2D eigenvalue weighted by Crippen LogP contribution is 2.28. The van der Waals surface area contributed by atoms with E-state index in [9.17, 15) is 9.18 Å². The van der Waals surface area contributed by atoms with Gasteiger partial charge in [-0.25, -0.2) is 19.3 Å². The summed E-state index contributed by atoms with van der Waals surface area (Å²) in [5.74, 6) is 0.718. The molecule has 4 aromatic rings. The fourth-order valence-corrected chi connectivity index (χ4v) is 5.49. The molecule has 0 radical (unpaired) electrons. The molecule has 2 aromatic carbocycles. The third-order valence-electron chi connectivity index (χ3n) is 5.57. The number of piperazine rings is 1. The van der Waals surface area contributed by atoms with E-state index in [2.05, 4.69) is 36.1 Å². The van der Waals surface area contributed by atoms with E-state index < -0.39 is 0 Å². The summed E-state index contributed by atoms with van der Waals surface area (Å²) in [6.45, 7) is 4.90. The number of carbonyl (C=O) groups is 1. The van der Waals surface area contributed by atoms with Gasteiger partial charge in [-0.2, -0.15) is 0 Å². The molecule has 7 nitrogen and oxygen atoms in total. The molecule has 0 atom stereocenters. The monoisotopic (exact) mass is 494 g/mol. The van der Waals surface area contributed by atoms with Crippen molar-refractivity contribution in [1.29, 1.82) is 0 Å². The van der Waals surface area contributed by atoms with Gasteiger partial charge in [0.25, 0.3) is 0 Å². The fourth-order valence-electron chi connectivity index (χ4n) is 3.85. The smallest absolute Gasteiger partial charge is 0.236 e. The first-order valence-electron chi connectivity index (χ1n) is 10.9. The van der Waals surface area contributed by atoms with Crippen molar-refractivity contribution in [3.8, 4) is 0 Å². The van der Waals surface area contributed by atoms with Gasteiger partial charge in [-0.1, -0.05) is 41.3 Å². The van der Waals surface area contributed by atoms with Crippen molar-refractivity contribution in [2.45, 2.75) is 11.9 Å². The number of benzene rings is 2. The van der Waals surface area contributed by atoms with Crippen LogP contribution in [0.4, 0.5) is 21.0 Å². The van der Waals surface area contributed by atoms with E-state index in [1.807, 2.05) is 37.3 Å². The first-order valence-corrected chi connectivity index (χ1v) is 12.7. The molecule has 34 heavy (non-hydrogen) atoms. The molecule has 0 spiro atoms. The lowest BCUT2D eigenvalue weighted by Gasteiger charge is -2.36. The molecule has 1 saturated heterocycles. The molecule has 0 aliphatic carbocycles. The predicted molar refractivity (Wildman–Crippen MR) is 137 cm³/mol. The maximum atomic E-state index is 14.1. The van der Waals surface area contributed by atoms with Gasteiger partial charge < -0.3 is 15.1 Å². The van der Waals surface area contributed by atoms with Crippen LogP contribution in [0, 0.1) is 12.7 Å². The van der Waals surface area contributed by atoms with Crippen LogP contribution in [-0.2, 0) is 4.79 Å². The summed E-state index contributed by atoms with van der Waals surface area (Å²) in [6.07, 6.45) is 1.52. The minimum Gasteiger partial charge on any atom is -0.366 e. The van der Waals surface area contributed by atoms with Crippen molar-refractivity contribution in [1.82, 2.24) is 15.0 Å². The van der Waals surface area contributed by atoms with Gasteiger partial charge in [0.15, 0.2) is 5.13 Å². The van der Waals surface area contributed by atoms with Crippen molar-refractivity contribution in [2.75, 3.05) is 47.0 Å². The Bertz CT molecular complexity index is 1320. The highest BCUT2D eigenvalue weighted by molar-refractivity contribution is 7.99. The summed E-state index contributed by atoms with van der Waals surface area (Å²) in [7, 11) is 0. The molecule has 1 aliphatic heterocycles. The molecule has 3 heterocycles. The predicted octanol–water partition coefficient (Wildman–Crippen LogP) is 4.59. The van der Waals surface area contributed by atoms with Gasteiger partial charge >= 0.3 is 0 Å². The Morgan fingerprint density at radius 1 is 1.09 bits per heavy atom. The Hall–Kier alpha value is -3.24. The summed E-state index contributed by atoms with van der Waals surface area (Å²) in [6, 6.07) is 14.8. The molecule has 174 valence electrons. The summed E-state index contributed by atoms with van der Waals surface area (Å²) < 4.78 is 15.1. The lowest BCUT2D eigenvalue weighted by Crippen LogP contribution is -2.47. The van der Waals surface area contributed by atoms with Gasteiger partial charge in [-0.15, -0.1) is 0 Å². The zero-order valence-corrected chi connectivity index (χ0v) is 20.2. The number of carbonyl (C=O) groups excluding carboxylic acids is 1. The number of fused-ring (bicyclic) bond motifs is 1. The quantitative estimate of drug-likeness (QED) is 0.310. The Labute approximate surface area is 205 Å². The zero-order chi connectivity index (χ0) is 23.5. The SMILES string of the molecule is Cc1ccc2nc(NC(=O)CSc3cc(N4CCN(c5ccccc5F)CC4)ncn3)sc2c1. The van der Waals surface area contributed by atoms with E-state index in [1.54, 1.807) is 6.07 Å². The minimum absolute atomic E-state index is 0.126. The van der Waals surface area contributed by atoms with Crippen LogP contribution in [0.3, 0.4) is 0 Å². The summed E-state index contributed by atoms with van der Waals surface area (Å²) in [5, 5.41) is 4.21. The van der Waals surface area contributed by atoms with Gasteiger partial charge in [-0.3, -0.25) is 4.79 Å². The maximum Gasteiger partial charge on any atom is 0.236 e. The van der Waals surface area contributed by atoms with Crippen molar-refractivity contribution in [3.63, 3.8) is 0 Å². The number of nitrogens with zero attached hydrogens (tertiary/aromatic N) is 5. The molecule has 0 bridgehead atoms. The van der Waals surface area contributed by atoms with Gasteiger partial charge in [-0.05, 0) is 36.8 Å². The third kappa shape index (κ3) is 5.13. The molecule has 5 rings (SSSR count). The van der Waals surface area contributed by atoms with Crippen LogP contribution in [0.5, 0.6) is 0 Å². The van der Waals surface area contributed by atoms with E-state index in [1.165, 1.54) is 35.5 Å². The second-order valence-corrected chi connectivity index (χ2v) is 9.99. The van der Waals surface area contributed by atoms with E-state index in [0.29, 0.717) is 23.9 Å². The molecule has 1 amide bonds. The van der Waals surface area contributed by atoms with Crippen LogP contribution in [0.2, 0.25) is 0 Å². The summed E-state index contributed by atoms with van der Waals surface area (Å²) in [5.41, 5.74) is 2.68. The molecule has 10 heteroatoms. The topological polar surface area (TPSA) is 74.2 Å². The van der Waals surface area contributed by atoms with Crippen molar-refractivity contribution in [3.05, 3.63) is 66.2 Å². The van der Waals surface area contributed by atoms with E-state index in [-0.39, 0.29) is 17.5 Å². The zero-order valence-electron chi connectivity index (χ0n) is 18.6. The number of nitrogens with one attached hydrogen (secondary N) is 1. The largest absolute Gasteiger partial charge is 0.366 e. The number of anilines is 3. The second-order valence-electron chi connectivity index (χ2n) is 7.97. The number of aromatic nitrogens is 3. The van der Waals surface area contributed by atoms with Crippen LogP contribution in [0.15, 0.2) is 59.9 Å². The van der Waals surface area contributed by atoms with Gasteiger partial charge in [0.1, 0.15) is 23.0 Å². The summed E-state index contributed by atoms with van der Waals surface area (Å²) >= 11 is 2.83. The first kappa shape index (κ1) is 22.5. The van der Waals surface area contributed by atoms with E-state index in [0.717, 1.165) is 39.7 Å². The molecule has 1 fully saturated rings. The standard InChI is InChI=1S/C24H23FN6OS2/c1-16-6-7-18-20(12-16)34-24(28-18)29-22(32)14-33-23-13-21(26-15-27-23)31-10-8-30(9-11-31)19-5-3-2-4-17(19)25/h2-7,12-13,15H,8-11,14H2,1H3,(H,28,29,32). The average molecular weight is 495 g/mol. The number of amides is 1. The number of hydrogen-bond acceptors (Lipinski definition) is 8. The van der Waals surface area contributed by atoms with Crippen LogP contribution in [0.1, 0.15) is 5.56 Å². The Balaban J connectivity index is 1.16. The first-order chi connectivity index (χ1) is 16.5. The second kappa shape index (κ2) is 9.94. The molecule has 0 saturated carbocycles.